The lowest BCUT2D eigenvalue weighted by Gasteiger charge is -2.31. The average Bonchev–Trinajstić information content (AvgIpc) is 3.17. The van der Waals surface area contributed by atoms with Crippen molar-refractivity contribution in [1.29, 1.82) is 0 Å². The molecular formula is C18H24N4O3. The zero-order valence-corrected chi connectivity index (χ0v) is 14.9. The molecule has 1 amide bonds. The predicted octanol–water partition coefficient (Wildman–Crippen LogP) is 2.22. The molecule has 0 unspecified atom stereocenters. The second-order valence-electron chi connectivity index (χ2n) is 6.14. The first kappa shape index (κ1) is 17.3. The van der Waals surface area contributed by atoms with E-state index in [9.17, 15) is 4.79 Å². The van der Waals surface area contributed by atoms with E-state index >= 15 is 0 Å². The SMILES string of the molecule is COc1cc(OC)cc(-c2cn(C(=O)N(C)C3CCNCC3)cn2)c1. The Hall–Kier alpha value is -2.54. The fraction of sp³-hybridized carbons (Fsp3) is 0.444. The van der Waals surface area contributed by atoms with Crippen molar-refractivity contribution in [2.45, 2.75) is 18.9 Å². The Morgan fingerprint density at radius 2 is 1.84 bits per heavy atom. The monoisotopic (exact) mass is 344 g/mol. The number of nitrogens with zero attached hydrogens (tertiary/aromatic N) is 3. The third-order valence-electron chi connectivity index (χ3n) is 4.61. The van der Waals surface area contributed by atoms with Crippen LogP contribution in [0.2, 0.25) is 0 Å². The third-order valence-corrected chi connectivity index (χ3v) is 4.61. The van der Waals surface area contributed by atoms with Crippen LogP contribution >= 0.6 is 0 Å². The highest BCUT2D eigenvalue weighted by atomic mass is 16.5. The number of ether oxygens (including phenoxy) is 2. The van der Waals surface area contributed by atoms with Crippen molar-refractivity contribution < 1.29 is 14.3 Å². The number of imidazole rings is 1. The number of carbonyl (C=O) groups excluding carboxylic acids is 1. The molecule has 0 radical (unpaired) electrons. The highest BCUT2D eigenvalue weighted by molar-refractivity contribution is 5.78. The fourth-order valence-corrected chi connectivity index (χ4v) is 3.06. The van der Waals surface area contributed by atoms with Gasteiger partial charge in [0.15, 0.2) is 0 Å². The van der Waals surface area contributed by atoms with Crippen molar-refractivity contribution in [3.63, 3.8) is 0 Å². The molecule has 3 rings (SSSR count). The van der Waals surface area contributed by atoms with E-state index in [1.807, 2.05) is 19.2 Å². The lowest BCUT2D eigenvalue weighted by Crippen LogP contribution is -2.45. The average molecular weight is 344 g/mol. The Balaban J connectivity index is 1.81. The Bertz CT molecular complexity index is 715. The number of nitrogens with one attached hydrogen (secondary N) is 1. The summed E-state index contributed by atoms with van der Waals surface area (Å²) in [4.78, 5) is 18.9. The molecule has 7 heteroatoms. The van der Waals surface area contributed by atoms with Gasteiger partial charge in [-0.3, -0.25) is 4.57 Å². The number of hydrogen-bond donors (Lipinski definition) is 1. The van der Waals surface area contributed by atoms with Gasteiger partial charge in [0.1, 0.15) is 17.8 Å². The number of aromatic nitrogens is 2. The molecule has 2 aromatic rings. The Morgan fingerprint density at radius 3 is 2.44 bits per heavy atom. The van der Waals surface area contributed by atoms with Gasteiger partial charge >= 0.3 is 6.03 Å². The summed E-state index contributed by atoms with van der Waals surface area (Å²) < 4.78 is 12.1. The highest BCUT2D eigenvalue weighted by Gasteiger charge is 2.23. The number of methoxy groups -OCH3 is 2. The molecule has 0 atom stereocenters. The van der Waals surface area contributed by atoms with Gasteiger partial charge in [-0.25, -0.2) is 9.78 Å². The summed E-state index contributed by atoms with van der Waals surface area (Å²) >= 11 is 0. The molecule has 1 N–H and O–H groups in total. The van der Waals surface area contributed by atoms with Gasteiger partial charge in [0.25, 0.3) is 0 Å². The van der Waals surface area contributed by atoms with Gasteiger partial charge in [-0.1, -0.05) is 0 Å². The minimum atomic E-state index is -0.0690. The summed E-state index contributed by atoms with van der Waals surface area (Å²) in [6.45, 7) is 1.89. The molecule has 1 saturated heterocycles. The Kier molecular flexibility index (Phi) is 5.23. The Labute approximate surface area is 147 Å². The van der Waals surface area contributed by atoms with Crippen LogP contribution in [0.15, 0.2) is 30.7 Å². The zero-order chi connectivity index (χ0) is 17.8. The third kappa shape index (κ3) is 3.76. The molecule has 7 nitrogen and oxygen atoms in total. The minimum Gasteiger partial charge on any atom is -0.497 e. The van der Waals surface area contributed by atoms with Gasteiger partial charge in [0.05, 0.1) is 19.9 Å². The number of rotatable bonds is 4. The lowest BCUT2D eigenvalue weighted by atomic mass is 10.1. The number of hydrogen-bond acceptors (Lipinski definition) is 5. The van der Waals surface area contributed by atoms with E-state index in [-0.39, 0.29) is 12.1 Å². The van der Waals surface area contributed by atoms with Crippen LogP contribution in [0.5, 0.6) is 11.5 Å². The van der Waals surface area contributed by atoms with E-state index in [1.165, 1.54) is 4.57 Å². The van der Waals surface area contributed by atoms with Gasteiger partial charge in [0, 0.05) is 30.9 Å². The molecule has 1 aliphatic heterocycles. The predicted molar refractivity (Wildman–Crippen MR) is 95.2 cm³/mol. The smallest absolute Gasteiger partial charge is 0.329 e. The van der Waals surface area contributed by atoms with Crippen LogP contribution in [0.3, 0.4) is 0 Å². The maximum atomic E-state index is 12.7. The first-order valence-corrected chi connectivity index (χ1v) is 8.37. The number of amides is 1. The quantitative estimate of drug-likeness (QED) is 0.921. The number of piperidine rings is 1. The minimum absolute atomic E-state index is 0.0690. The molecule has 0 aliphatic carbocycles. The molecule has 0 saturated carbocycles. The van der Waals surface area contributed by atoms with E-state index < -0.39 is 0 Å². The van der Waals surface area contributed by atoms with Gasteiger partial charge in [-0.05, 0) is 38.1 Å². The molecule has 1 aromatic heterocycles. The van der Waals surface area contributed by atoms with E-state index in [0.717, 1.165) is 31.5 Å². The second-order valence-corrected chi connectivity index (χ2v) is 6.14. The molecule has 2 heterocycles. The second kappa shape index (κ2) is 7.57. The molecule has 1 aromatic carbocycles. The first-order chi connectivity index (χ1) is 12.1. The lowest BCUT2D eigenvalue weighted by molar-refractivity contribution is 0.178. The van der Waals surface area contributed by atoms with Crippen molar-refractivity contribution in [1.82, 2.24) is 19.8 Å². The summed E-state index contributed by atoms with van der Waals surface area (Å²) in [7, 11) is 5.07. The van der Waals surface area contributed by atoms with Crippen molar-refractivity contribution in [3.05, 3.63) is 30.7 Å². The summed E-state index contributed by atoms with van der Waals surface area (Å²) in [6.07, 6.45) is 5.24. The normalized spacial score (nSPS) is 15.0. The highest BCUT2D eigenvalue weighted by Crippen LogP contribution is 2.28. The van der Waals surface area contributed by atoms with Crippen LogP contribution in [0.1, 0.15) is 12.8 Å². The largest absolute Gasteiger partial charge is 0.497 e. The van der Waals surface area contributed by atoms with E-state index in [2.05, 4.69) is 10.3 Å². The van der Waals surface area contributed by atoms with Gasteiger partial charge in [-0.15, -0.1) is 0 Å². The van der Waals surface area contributed by atoms with Crippen molar-refractivity contribution in [3.8, 4) is 22.8 Å². The van der Waals surface area contributed by atoms with Gasteiger partial charge in [0.2, 0.25) is 0 Å². The maximum Gasteiger partial charge on any atom is 0.329 e. The molecule has 134 valence electrons. The molecular weight excluding hydrogens is 320 g/mol. The molecule has 1 aliphatic rings. The van der Waals surface area contributed by atoms with Crippen molar-refractivity contribution >= 4 is 6.03 Å². The molecule has 25 heavy (non-hydrogen) atoms. The first-order valence-electron chi connectivity index (χ1n) is 8.37. The molecule has 0 bridgehead atoms. The number of benzene rings is 1. The van der Waals surface area contributed by atoms with E-state index in [0.29, 0.717) is 17.2 Å². The van der Waals surface area contributed by atoms with Crippen LogP contribution in [-0.4, -0.2) is 60.9 Å². The van der Waals surface area contributed by atoms with Crippen LogP contribution < -0.4 is 14.8 Å². The van der Waals surface area contributed by atoms with Crippen LogP contribution in [0.4, 0.5) is 4.79 Å². The van der Waals surface area contributed by atoms with E-state index in [1.54, 1.807) is 37.7 Å². The Morgan fingerprint density at radius 1 is 1.20 bits per heavy atom. The summed E-state index contributed by atoms with van der Waals surface area (Å²) in [5.41, 5.74) is 1.54. The number of carbonyl (C=O) groups is 1. The maximum absolute atomic E-state index is 12.7. The van der Waals surface area contributed by atoms with Gasteiger partial charge < -0.3 is 19.7 Å². The zero-order valence-electron chi connectivity index (χ0n) is 14.9. The van der Waals surface area contributed by atoms with Crippen LogP contribution in [0.25, 0.3) is 11.3 Å². The topological polar surface area (TPSA) is 68.6 Å². The van der Waals surface area contributed by atoms with E-state index in [4.69, 9.17) is 9.47 Å². The summed E-state index contributed by atoms with van der Waals surface area (Å²) in [6, 6.07) is 5.74. The van der Waals surface area contributed by atoms with Crippen LogP contribution in [-0.2, 0) is 0 Å². The summed E-state index contributed by atoms with van der Waals surface area (Å²) in [5.74, 6) is 1.36. The van der Waals surface area contributed by atoms with Gasteiger partial charge in [-0.2, -0.15) is 0 Å². The van der Waals surface area contributed by atoms with Crippen molar-refractivity contribution in [2.75, 3.05) is 34.4 Å². The summed E-state index contributed by atoms with van der Waals surface area (Å²) in [5, 5.41) is 3.31. The van der Waals surface area contributed by atoms with Crippen LogP contribution in [0, 0.1) is 0 Å². The standard InChI is InChI=1S/C18H24N4O3/c1-21(14-4-6-19-7-5-14)18(23)22-11-17(20-12-22)13-8-15(24-2)10-16(9-13)25-3/h8-12,14,19H,4-7H2,1-3H3. The van der Waals surface area contributed by atoms with Crippen molar-refractivity contribution in [2.24, 2.45) is 0 Å². The molecule has 1 fully saturated rings. The molecule has 0 spiro atoms. The fourth-order valence-electron chi connectivity index (χ4n) is 3.06.